The zero-order chi connectivity index (χ0) is 10.6. The molecule has 0 aliphatic carbocycles. The Hall–Kier alpha value is -1.08. The molecule has 0 aliphatic heterocycles. The molecule has 0 saturated heterocycles. The molecule has 0 radical (unpaired) electrons. The lowest BCUT2D eigenvalue weighted by molar-refractivity contribution is 1.53. The first-order valence-electron chi connectivity index (χ1n) is 4.72. The van der Waals surface area contributed by atoms with E-state index >= 15 is 0 Å². The van der Waals surface area contributed by atoms with Crippen LogP contribution >= 0.6 is 11.3 Å². The van der Waals surface area contributed by atoms with Crippen molar-refractivity contribution in [2.45, 2.75) is 20.8 Å². The molecule has 1 aromatic rings. The van der Waals surface area contributed by atoms with E-state index in [0.717, 1.165) is 0 Å². The van der Waals surface area contributed by atoms with Crippen LogP contribution < -0.4 is 0 Å². The maximum atomic E-state index is 3.68. The van der Waals surface area contributed by atoms with Crippen molar-refractivity contribution in [2.24, 2.45) is 0 Å². The first kappa shape index (κ1) is 11.0. The first-order valence-corrected chi connectivity index (χ1v) is 5.53. The molecule has 0 N–H and O–H groups in total. The predicted molar refractivity (Wildman–Crippen MR) is 66.8 cm³/mol. The Balaban J connectivity index is 3.07. The van der Waals surface area contributed by atoms with Crippen LogP contribution in [0.2, 0.25) is 0 Å². The lowest BCUT2D eigenvalue weighted by Crippen LogP contribution is -1.78. The van der Waals surface area contributed by atoms with Crippen molar-refractivity contribution < 1.29 is 0 Å². The van der Waals surface area contributed by atoms with Crippen LogP contribution in [0.5, 0.6) is 0 Å². The summed E-state index contributed by atoms with van der Waals surface area (Å²) < 4.78 is 0. The van der Waals surface area contributed by atoms with E-state index in [1.54, 1.807) is 6.08 Å². The van der Waals surface area contributed by atoms with E-state index in [9.17, 15) is 0 Å². The molecule has 74 valence electrons. The van der Waals surface area contributed by atoms with Gasteiger partial charge in [0.25, 0.3) is 0 Å². The van der Waals surface area contributed by atoms with Gasteiger partial charge in [-0.3, -0.25) is 0 Å². The van der Waals surface area contributed by atoms with Crippen molar-refractivity contribution >= 4 is 16.9 Å². The molecule has 0 unspecified atom stereocenters. The second-order valence-corrected chi connectivity index (χ2v) is 4.63. The Morgan fingerprint density at radius 1 is 1.43 bits per heavy atom. The molecule has 0 amide bonds. The van der Waals surface area contributed by atoms with Crippen LogP contribution in [-0.2, 0) is 0 Å². The number of allylic oxidation sites excluding steroid dienone is 5. The third kappa shape index (κ3) is 2.46. The van der Waals surface area contributed by atoms with E-state index in [4.69, 9.17) is 0 Å². The summed E-state index contributed by atoms with van der Waals surface area (Å²) in [5.41, 5.74) is 2.61. The molecule has 0 spiro atoms. The van der Waals surface area contributed by atoms with Crippen molar-refractivity contribution in [3.05, 3.63) is 52.3 Å². The third-order valence-corrected chi connectivity index (χ3v) is 3.04. The van der Waals surface area contributed by atoms with E-state index in [1.807, 2.05) is 17.4 Å². The summed E-state index contributed by atoms with van der Waals surface area (Å²) in [6.07, 6.45) is 8.01. The summed E-state index contributed by atoms with van der Waals surface area (Å²) in [5, 5.41) is 0. The van der Waals surface area contributed by atoms with Gasteiger partial charge in [-0.1, -0.05) is 30.9 Å². The van der Waals surface area contributed by atoms with Crippen LogP contribution in [0.25, 0.3) is 5.57 Å². The lowest BCUT2D eigenvalue weighted by Gasteiger charge is -1.99. The van der Waals surface area contributed by atoms with Crippen molar-refractivity contribution in [3.8, 4) is 0 Å². The average molecular weight is 204 g/mol. The normalized spacial score (nSPS) is 12.4. The molecule has 1 heteroatoms. The lowest BCUT2D eigenvalue weighted by atomic mass is 10.1. The van der Waals surface area contributed by atoms with Gasteiger partial charge in [0, 0.05) is 9.75 Å². The van der Waals surface area contributed by atoms with Crippen molar-refractivity contribution in [2.75, 3.05) is 0 Å². The summed E-state index contributed by atoms with van der Waals surface area (Å²) in [6, 6.07) is 2.24. The second-order valence-electron chi connectivity index (χ2n) is 3.17. The standard InChI is InChI=1S/C13H16S/c1-5-7-8-12(6-2)13-9-10(3)14-11(13)4/h5-9H,1H2,2-4H3/b8-7-,12-6+. The molecule has 0 fully saturated rings. The highest BCUT2D eigenvalue weighted by atomic mass is 32.1. The molecule has 0 saturated carbocycles. The van der Waals surface area contributed by atoms with Crippen LogP contribution in [0.3, 0.4) is 0 Å². The molecule has 1 rings (SSSR count). The van der Waals surface area contributed by atoms with Gasteiger partial charge >= 0.3 is 0 Å². The predicted octanol–water partition coefficient (Wildman–Crippen LogP) is 4.51. The van der Waals surface area contributed by atoms with Gasteiger partial charge in [0.15, 0.2) is 0 Å². The zero-order valence-electron chi connectivity index (χ0n) is 9.00. The third-order valence-electron chi connectivity index (χ3n) is 2.07. The highest BCUT2D eigenvalue weighted by molar-refractivity contribution is 7.12. The fourth-order valence-corrected chi connectivity index (χ4v) is 2.38. The summed E-state index contributed by atoms with van der Waals surface area (Å²) >= 11 is 1.85. The van der Waals surface area contributed by atoms with Gasteiger partial charge in [-0.05, 0) is 38.0 Å². The maximum Gasteiger partial charge on any atom is 0.00952 e. The smallest absolute Gasteiger partial charge is 0.00952 e. The summed E-state index contributed by atoms with van der Waals surface area (Å²) in [7, 11) is 0. The minimum Gasteiger partial charge on any atom is -0.145 e. The molecule has 1 heterocycles. The van der Waals surface area contributed by atoms with Gasteiger partial charge in [-0.2, -0.15) is 0 Å². The fourth-order valence-electron chi connectivity index (χ4n) is 1.43. The molecule has 0 nitrogen and oxygen atoms in total. The van der Waals surface area contributed by atoms with Gasteiger partial charge in [0.05, 0.1) is 0 Å². The van der Waals surface area contributed by atoms with Crippen molar-refractivity contribution in [1.82, 2.24) is 0 Å². The van der Waals surface area contributed by atoms with Crippen molar-refractivity contribution in [1.29, 1.82) is 0 Å². The van der Waals surface area contributed by atoms with E-state index in [0.29, 0.717) is 0 Å². The molecule has 0 atom stereocenters. The van der Waals surface area contributed by atoms with Crippen LogP contribution in [0.1, 0.15) is 22.2 Å². The summed E-state index contributed by atoms with van der Waals surface area (Å²) in [4.78, 5) is 2.74. The van der Waals surface area contributed by atoms with E-state index < -0.39 is 0 Å². The quantitative estimate of drug-likeness (QED) is 0.635. The molecular formula is C13H16S. The molecule has 0 bridgehead atoms. The van der Waals surface area contributed by atoms with E-state index in [2.05, 4.69) is 45.6 Å². The second kappa shape index (κ2) is 4.97. The number of aryl methyl sites for hydroxylation is 2. The molecule has 14 heavy (non-hydrogen) atoms. The van der Waals surface area contributed by atoms with Gasteiger partial charge in [-0.15, -0.1) is 11.3 Å². The maximum absolute atomic E-state index is 3.68. The van der Waals surface area contributed by atoms with E-state index in [-0.39, 0.29) is 0 Å². The zero-order valence-corrected chi connectivity index (χ0v) is 9.82. The summed E-state index contributed by atoms with van der Waals surface area (Å²) in [6.45, 7) is 10.1. The monoisotopic (exact) mass is 204 g/mol. The highest BCUT2D eigenvalue weighted by Crippen LogP contribution is 2.27. The topological polar surface area (TPSA) is 0 Å². The van der Waals surface area contributed by atoms with Crippen LogP contribution in [0.4, 0.5) is 0 Å². The Morgan fingerprint density at radius 3 is 2.57 bits per heavy atom. The number of hydrogen-bond donors (Lipinski definition) is 0. The SMILES string of the molecule is C=C/C=C\C(=C/C)c1cc(C)sc1C. The van der Waals surface area contributed by atoms with E-state index in [1.165, 1.54) is 20.9 Å². The first-order chi connectivity index (χ1) is 6.69. The molecule has 0 aromatic carbocycles. The largest absolute Gasteiger partial charge is 0.145 e. The Labute approximate surface area is 90.3 Å². The Kier molecular flexibility index (Phi) is 3.90. The van der Waals surface area contributed by atoms with Crippen LogP contribution in [0, 0.1) is 13.8 Å². The molecule has 0 aliphatic rings. The highest BCUT2D eigenvalue weighted by Gasteiger charge is 2.04. The minimum atomic E-state index is 1.27. The minimum absolute atomic E-state index is 1.27. The summed E-state index contributed by atoms with van der Waals surface area (Å²) in [5.74, 6) is 0. The Bertz CT molecular complexity index is 378. The average Bonchev–Trinajstić information content (AvgIpc) is 2.47. The van der Waals surface area contributed by atoms with Gasteiger partial charge in [-0.25, -0.2) is 0 Å². The van der Waals surface area contributed by atoms with Crippen molar-refractivity contribution in [3.63, 3.8) is 0 Å². The molecule has 1 aromatic heterocycles. The number of thiophene rings is 1. The van der Waals surface area contributed by atoms with Gasteiger partial charge in [0.1, 0.15) is 0 Å². The number of rotatable bonds is 3. The molecular weight excluding hydrogens is 188 g/mol. The van der Waals surface area contributed by atoms with Gasteiger partial charge < -0.3 is 0 Å². The van der Waals surface area contributed by atoms with Crippen LogP contribution in [0.15, 0.2) is 36.9 Å². The van der Waals surface area contributed by atoms with Crippen LogP contribution in [-0.4, -0.2) is 0 Å². The number of hydrogen-bond acceptors (Lipinski definition) is 1. The van der Waals surface area contributed by atoms with Gasteiger partial charge in [0.2, 0.25) is 0 Å². The fraction of sp³-hybridized carbons (Fsp3) is 0.231. The Morgan fingerprint density at radius 2 is 2.14 bits per heavy atom.